The van der Waals surface area contributed by atoms with E-state index in [1.165, 1.54) is 31.4 Å². The van der Waals surface area contributed by atoms with Crippen LogP contribution in [0.2, 0.25) is 10.0 Å². The van der Waals surface area contributed by atoms with Gasteiger partial charge >= 0.3 is 0 Å². The smallest absolute Gasteiger partial charge is 0.271 e. The van der Waals surface area contributed by atoms with Gasteiger partial charge in [0, 0.05) is 23.3 Å². The van der Waals surface area contributed by atoms with Gasteiger partial charge in [0.15, 0.2) is 6.79 Å². The molecule has 152 valence electrons. The first-order valence-electron chi connectivity index (χ1n) is 8.29. The number of nitrogens with zero attached hydrogens (tertiary/aromatic N) is 1. The molecule has 0 bridgehead atoms. The molecule has 3 aromatic rings. The summed E-state index contributed by atoms with van der Waals surface area (Å²) in [5, 5.41) is 9.72. The van der Waals surface area contributed by atoms with Crippen LogP contribution < -0.4 is 10.3 Å². The predicted octanol–water partition coefficient (Wildman–Crippen LogP) is 4.70. The number of pyridine rings is 1. The molecular weight excluding hydrogens is 427 g/mol. The van der Waals surface area contributed by atoms with Crippen LogP contribution in [0.5, 0.6) is 5.75 Å². The van der Waals surface area contributed by atoms with E-state index >= 15 is 0 Å². The third-order valence-electron chi connectivity index (χ3n) is 4.16. The molecule has 0 amide bonds. The first-order chi connectivity index (χ1) is 13.9. The lowest BCUT2D eigenvalue weighted by Crippen LogP contribution is -2.23. The number of ether oxygens (including phenoxy) is 2. The number of methoxy groups -OCH3 is 1. The summed E-state index contributed by atoms with van der Waals surface area (Å²) in [5.74, 6) is -1.47. The second-order valence-electron chi connectivity index (χ2n) is 5.92. The Bertz CT molecular complexity index is 1100. The molecule has 2 aromatic carbocycles. The predicted molar refractivity (Wildman–Crippen MR) is 106 cm³/mol. The van der Waals surface area contributed by atoms with Crippen molar-refractivity contribution in [1.82, 2.24) is 4.57 Å². The Labute approximate surface area is 174 Å². The standard InChI is InChI=1S/C20H15Cl2F2NO4/c1-28-10-29-11-5-6-14(21)12(7-11)13-8-15(22)20(27)25(9-26)19(13)18-16(23)3-2-4-17(18)24/h2-8,26H,9-10H2,1H3. The van der Waals surface area contributed by atoms with Crippen molar-refractivity contribution >= 4 is 23.2 Å². The third-order valence-corrected chi connectivity index (χ3v) is 4.76. The normalized spacial score (nSPS) is 11.0. The summed E-state index contributed by atoms with van der Waals surface area (Å²) in [4.78, 5) is 12.4. The number of aromatic nitrogens is 1. The highest BCUT2D eigenvalue weighted by molar-refractivity contribution is 6.34. The highest BCUT2D eigenvalue weighted by Gasteiger charge is 2.23. The summed E-state index contributed by atoms with van der Waals surface area (Å²) in [7, 11) is 1.45. The molecule has 5 nitrogen and oxygen atoms in total. The Morgan fingerprint density at radius 1 is 1.03 bits per heavy atom. The van der Waals surface area contributed by atoms with Crippen LogP contribution in [-0.2, 0) is 11.5 Å². The van der Waals surface area contributed by atoms with Crippen molar-refractivity contribution in [3.8, 4) is 28.1 Å². The number of rotatable bonds is 6. The van der Waals surface area contributed by atoms with Crippen molar-refractivity contribution in [2.75, 3.05) is 13.9 Å². The summed E-state index contributed by atoms with van der Waals surface area (Å²) in [6.07, 6.45) is 0. The zero-order valence-corrected chi connectivity index (χ0v) is 16.6. The molecule has 3 rings (SSSR count). The van der Waals surface area contributed by atoms with Gasteiger partial charge in [-0.2, -0.15) is 0 Å². The minimum Gasteiger partial charge on any atom is -0.468 e. The molecule has 0 saturated heterocycles. The number of halogens is 4. The van der Waals surface area contributed by atoms with Gasteiger partial charge in [0.2, 0.25) is 0 Å². The van der Waals surface area contributed by atoms with Gasteiger partial charge in [0.25, 0.3) is 5.56 Å². The summed E-state index contributed by atoms with van der Waals surface area (Å²) >= 11 is 12.4. The van der Waals surface area contributed by atoms with E-state index in [-0.39, 0.29) is 28.1 Å². The largest absolute Gasteiger partial charge is 0.468 e. The van der Waals surface area contributed by atoms with E-state index in [1.807, 2.05) is 0 Å². The number of aliphatic hydroxyl groups is 1. The molecule has 0 spiro atoms. The molecule has 29 heavy (non-hydrogen) atoms. The van der Waals surface area contributed by atoms with Crippen LogP contribution in [0.4, 0.5) is 8.78 Å². The highest BCUT2D eigenvalue weighted by Crippen LogP contribution is 2.40. The van der Waals surface area contributed by atoms with Crippen molar-refractivity contribution in [2.24, 2.45) is 0 Å². The molecular formula is C20H15Cl2F2NO4. The second-order valence-corrected chi connectivity index (χ2v) is 6.73. The summed E-state index contributed by atoms with van der Waals surface area (Å²) in [6.45, 7) is -0.889. The SMILES string of the molecule is COCOc1ccc(Cl)c(-c2cc(Cl)c(=O)n(CO)c2-c2c(F)cccc2F)c1. The van der Waals surface area contributed by atoms with E-state index in [4.69, 9.17) is 32.7 Å². The van der Waals surface area contributed by atoms with Gasteiger partial charge in [-0.15, -0.1) is 0 Å². The Morgan fingerprint density at radius 2 is 1.72 bits per heavy atom. The Hall–Kier alpha value is -2.45. The molecule has 0 unspecified atom stereocenters. The van der Waals surface area contributed by atoms with Crippen LogP contribution in [0.3, 0.4) is 0 Å². The van der Waals surface area contributed by atoms with Gasteiger partial charge in [-0.05, 0) is 36.4 Å². The highest BCUT2D eigenvalue weighted by atomic mass is 35.5. The quantitative estimate of drug-likeness (QED) is 0.563. The van der Waals surface area contributed by atoms with Gasteiger partial charge in [-0.1, -0.05) is 29.3 Å². The third kappa shape index (κ3) is 4.13. The first-order valence-corrected chi connectivity index (χ1v) is 9.04. The van der Waals surface area contributed by atoms with Crippen LogP contribution in [0.1, 0.15) is 0 Å². The van der Waals surface area contributed by atoms with Gasteiger partial charge in [-0.25, -0.2) is 8.78 Å². The van der Waals surface area contributed by atoms with Crippen LogP contribution in [0, 0.1) is 11.6 Å². The fourth-order valence-electron chi connectivity index (χ4n) is 2.89. The average Bonchev–Trinajstić information content (AvgIpc) is 2.70. The molecule has 0 fully saturated rings. The van der Waals surface area contributed by atoms with Crippen molar-refractivity contribution in [3.63, 3.8) is 0 Å². The molecule has 1 aromatic heterocycles. The minimum absolute atomic E-state index is 0.0350. The molecule has 1 heterocycles. The molecule has 0 saturated carbocycles. The van der Waals surface area contributed by atoms with E-state index in [0.717, 1.165) is 16.7 Å². The van der Waals surface area contributed by atoms with Crippen molar-refractivity contribution in [2.45, 2.75) is 6.73 Å². The molecule has 0 radical (unpaired) electrons. The van der Waals surface area contributed by atoms with Gasteiger partial charge in [-0.3, -0.25) is 9.36 Å². The maximum atomic E-state index is 14.6. The number of hydrogen-bond donors (Lipinski definition) is 1. The lowest BCUT2D eigenvalue weighted by Gasteiger charge is -2.19. The molecule has 0 aliphatic rings. The summed E-state index contributed by atoms with van der Waals surface area (Å²) in [5.41, 5.74) is -1.08. The van der Waals surface area contributed by atoms with Crippen LogP contribution in [0.25, 0.3) is 22.4 Å². The van der Waals surface area contributed by atoms with Crippen molar-refractivity contribution < 1.29 is 23.4 Å². The van der Waals surface area contributed by atoms with Crippen LogP contribution >= 0.6 is 23.2 Å². The van der Waals surface area contributed by atoms with E-state index in [0.29, 0.717) is 11.3 Å². The Balaban J connectivity index is 2.39. The van der Waals surface area contributed by atoms with Crippen LogP contribution in [0.15, 0.2) is 47.3 Å². The maximum Gasteiger partial charge on any atom is 0.271 e. The van der Waals surface area contributed by atoms with Crippen LogP contribution in [-0.4, -0.2) is 23.6 Å². The lowest BCUT2D eigenvalue weighted by atomic mass is 9.97. The topological polar surface area (TPSA) is 60.7 Å². The van der Waals surface area contributed by atoms with E-state index in [1.54, 1.807) is 6.07 Å². The molecule has 9 heteroatoms. The Kier molecular flexibility index (Phi) is 6.54. The molecule has 0 aliphatic heterocycles. The van der Waals surface area contributed by atoms with Gasteiger partial charge < -0.3 is 14.6 Å². The van der Waals surface area contributed by atoms with Gasteiger partial charge in [0.05, 0.1) is 11.3 Å². The lowest BCUT2D eigenvalue weighted by molar-refractivity contribution is 0.0511. The molecule has 0 atom stereocenters. The number of hydrogen-bond acceptors (Lipinski definition) is 4. The zero-order chi connectivity index (χ0) is 21.1. The second kappa shape index (κ2) is 8.92. The number of aliphatic hydroxyl groups excluding tert-OH is 1. The van der Waals surface area contributed by atoms with E-state index < -0.39 is 29.5 Å². The average molecular weight is 442 g/mol. The molecule has 0 aliphatic carbocycles. The fraction of sp³-hybridized carbons (Fsp3) is 0.150. The van der Waals surface area contributed by atoms with E-state index in [2.05, 4.69) is 0 Å². The van der Waals surface area contributed by atoms with E-state index in [9.17, 15) is 18.7 Å². The maximum absolute atomic E-state index is 14.6. The van der Waals surface area contributed by atoms with Crippen molar-refractivity contribution in [3.05, 3.63) is 74.5 Å². The molecule has 1 N–H and O–H groups in total. The zero-order valence-electron chi connectivity index (χ0n) is 15.1. The summed E-state index contributed by atoms with van der Waals surface area (Å²) < 4.78 is 40.2. The fourth-order valence-corrected chi connectivity index (χ4v) is 3.32. The monoisotopic (exact) mass is 441 g/mol. The van der Waals surface area contributed by atoms with Crippen molar-refractivity contribution in [1.29, 1.82) is 0 Å². The van der Waals surface area contributed by atoms with Gasteiger partial charge in [0.1, 0.15) is 29.1 Å². The Morgan fingerprint density at radius 3 is 2.34 bits per heavy atom. The summed E-state index contributed by atoms with van der Waals surface area (Å²) in [6, 6.07) is 9.15. The first kappa shape index (κ1) is 21.3. The number of benzene rings is 2. The minimum atomic E-state index is -0.918.